The van der Waals surface area contributed by atoms with Crippen molar-refractivity contribution in [3.05, 3.63) is 71.7 Å². The molecule has 3 aliphatic rings. The summed E-state index contributed by atoms with van der Waals surface area (Å²) in [6.45, 7) is 5.49. The molecular weight excluding hydrogens is 588 g/mol. The molecule has 1 N–H and O–H groups in total. The molecule has 3 aliphatic heterocycles. The summed E-state index contributed by atoms with van der Waals surface area (Å²) >= 11 is 0. The summed E-state index contributed by atoms with van der Waals surface area (Å²) in [5.41, 5.74) is 1.92. The summed E-state index contributed by atoms with van der Waals surface area (Å²) in [4.78, 5) is 62.4. The first-order valence-electron chi connectivity index (χ1n) is 16.0. The molecule has 2 bridgehead atoms. The second kappa shape index (κ2) is 14.1. The third kappa shape index (κ3) is 7.35. The Labute approximate surface area is 267 Å². The number of aromatic nitrogens is 4. The molecule has 0 spiro atoms. The lowest BCUT2D eigenvalue weighted by molar-refractivity contribution is -0.141. The van der Waals surface area contributed by atoms with Crippen LogP contribution in [0.15, 0.2) is 54.9 Å². The monoisotopic (exact) mass is 628 g/mol. The summed E-state index contributed by atoms with van der Waals surface area (Å²) in [5, 5.41) is 11.5. The molecule has 1 aromatic carbocycles. The minimum Gasteiger partial charge on any atom is -0.477 e. The van der Waals surface area contributed by atoms with Gasteiger partial charge in [0.1, 0.15) is 11.6 Å². The number of hydrogen-bond acceptors (Lipinski definition) is 8. The highest BCUT2D eigenvalue weighted by Crippen LogP contribution is 2.31. The second-order valence-electron chi connectivity index (χ2n) is 12.3. The fourth-order valence-corrected chi connectivity index (χ4v) is 6.63. The summed E-state index contributed by atoms with van der Waals surface area (Å²) in [7, 11) is 0. The van der Waals surface area contributed by atoms with Crippen LogP contribution in [0.4, 0.5) is 0 Å². The van der Waals surface area contributed by atoms with Gasteiger partial charge < -0.3 is 24.8 Å². The van der Waals surface area contributed by atoms with E-state index in [4.69, 9.17) is 4.74 Å². The van der Waals surface area contributed by atoms with E-state index in [0.717, 1.165) is 5.56 Å². The fourth-order valence-electron chi connectivity index (χ4n) is 6.63. The molecule has 242 valence electrons. The number of amides is 4. The number of hydrogen-bond donors (Lipinski definition) is 1. The molecule has 0 saturated carbocycles. The largest absolute Gasteiger partial charge is 0.477 e. The van der Waals surface area contributed by atoms with Crippen molar-refractivity contribution in [3.63, 3.8) is 0 Å². The highest BCUT2D eigenvalue weighted by Gasteiger charge is 2.37. The van der Waals surface area contributed by atoms with Crippen molar-refractivity contribution >= 4 is 23.6 Å². The van der Waals surface area contributed by atoms with Gasteiger partial charge in [0.15, 0.2) is 0 Å². The number of nitrogens with zero attached hydrogens (tertiary/aromatic N) is 7. The maximum atomic E-state index is 14.1. The number of carbonyl (C=O) groups is 4. The van der Waals surface area contributed by atoms with Crippen molar-refractivity contribution in [1.82, 2.24) is 40.0 Å². The minimum absolute atomic E-state index is 0.0230. The molecule has 0 aliphatic carbocycles. The van der Waals surface area contributed by atoms with E-state index in [0.29, 0.717) is 77.4 Å². The van der Waals surface area contributed by atoms with Gasteiger partial charge in [0.25, 0.3) is 5.91 Å². The van der Waals surface area contributed by atoms with Gasteiger partial charge in [-0.15, -0.1) is 5.10 Å². The Morgan fingerprint density at radius 1 is 0.978 bits per heavy atom. The molecule has 3 aromatic rings. The number of benzene rings is 1. The number of fused-ring (bicyclic) bond motifs is 3. The van der Waals surface area contributed by atoms with Gasteiger partial charge in [0, 0.05) is 71.4 Å². The lowest BCUT2D eigenvalue weighted by Crippen LogP contribution is -2.54. The molecule has 0 unspecified atom stereocenters. The van der Waals surface area contributed by atoms with E-state index in [1.54, 1.807) is 41.0 Å². The lowest BCUT2D eigenvalue weighted by atomic mass is 9.80. The van der Waals surface area contributed by atoms with Crippen LogP contribution in [0.5, 0.6) is 5.88 Å². The Hall–Kier alpha value is -4.81. The van der Waals surface area contributed by atoms with Crippen molar-refractivity contribution in [3.8, 4) is 5.88 Å². The first kappa shape index (κ1) is 31.2. The van der Waals surface area contributed by atoms with Crippen molar-refractivity contribution < 1.29 is 23.9 Å². The zero-order valence-corrected chi connectivity index (χ0v) is 26.1. The Balaban J connectivity index is 1.18. The summed E-state index contributed by atoms with van der Waals surface area (Å²) in [6.07, 6.45) is 5.20. The van der Waals surface area contributed by atoms with Crippen LogP contribution in [0.1, 0.15) is 47.8 Å². The van der Waals surface area contributed by atoms with Crippen molar-refractivity contribution in [1.29, 1.82) is 0 Å². The van der Waals surface area contributed by atoms with Crippen LogP contribution in [-0.2, 0) is 27.3 Å². The van der Waals surface area contributed by atoms with Crippen molar-refractivity contribution in [2.24, 2.45) is 11.8 Å². The summed E-state index contributed by atoms with van der Waals surface area (Å²) in [5.74, 6) is -0.216. The Kier molecular flexibility index (Phi) is 9.55. The van der Waals surface area contributed by atoms with E-state index in [2.05, 4.69) is 20.6 Å². The third-order valence-corrected chi connectivity index (χ3v) is 9.25. The van der Waals surface area contributed by atoms with Crippen LogP contribution in [0.25, 0.3) is 0 Å². The van der Waals surface area contributed by atoms with Gasteiger partial charge in [0.05, 0.1) is 18.8 Å². The molecular formula is C33H40N8O5. The van der Waals surface area contributed by atoms with E-state index in [1.807, 2.05) is 40.1 Å². The predicted octanol–water partition coefficient (Wildman–Crippen LogP) is 1.39. The van der Waals surface area contributed by atoms with E-state index >= 15 is 0 Å². The van der Waals surface area contributed by atoms with Crippen LogP contribution in [0.2, 0.25) is 0 Å². The van der Waals surface area contributed by atoms with Gasteiger partial charge in [-0.25, -0.2) is 9.67 Å². The number of carbonyl (C=O) groups excluding carboxylic acids is 4. The van der Waals surface area contributed by atoms with Crippen LogP contribution in [0, 0.1) is 11.8 Å². The van der Waals surface area contributed by atoms with Gasteiger partial charge >= 0.3 is 0 Å². The van der Waals surface area contributed by atoms with Gasteiger partial charge in [-0.1, -0.05) is 35.5 Å². The van der Waals surface area contributed by atoms with Crippen LogP contribution < -0.4 is 10.1 Å². The van der Waals surface area contributed by atoms with Crippen LogP contribution in [-0.4, -0.2) is 110 Å². The molecule has 13 nitrogen and oxygen atoms in total. The van der Waals surface area contributed by atoms with Gasteiger partial charge in [-0.2, -0.15) is 0 Å². The second-order valence-corrected chi connectivity index (χ2v) is 12.3. The van der Waals surface area contributed by atoms with E-state index in [-0.39, 0.29) is 47.4 Å². The average molecular weight is 629 g/mol. The molecule has 2 fully saturated rings. The zero-order valence-electron chi connectivity index (χ0n) is 26.1. The fraction of sp³-hybridized carbons (Fsp3) is 0.485. The maximum Gasteiger partial charge on any atom is 0.257 e. The molecule has 0 radical (unpaired) electrons. The SMILES string of the molecule is CC(=O)N1CCN(C(=O)C[C@@H]2CCN3C[C@@H]2CCOc2ncccc2C(=O)N[C@H](Cc2cn(Cc4ccccc4)nn2)C3=O)CC1. The van der Waals surface area contributed by atoms with Crippen LogP contribution in [0.3, 0.4) is 0 Å². The number of pyridine rings is 1. The lowest BCUT2D eigenvalue weighted by Gasteiger charge is -2.41. The van der Waals surface area contributed by atoms with E-state index in [1.165, 1.54) is 0 Å². The molecule has 4 amide bonds. The minimum atomic E-state index is -0.877. The highest BCUT2D eigenvalue weighted by atomic mass is 16.5. The number of piperidine rings is 1. The first-order chi connectivity index (χ1) is 22.3. The van der Waals surface area contributed by atoms with E-state index < -0.39 is 11.9 Å². The third-order valence-electron chi connectivity index (χ3n) is 9.25. The van der Waals surface area contributed by atoms with Gasteiger partial charge in [-0.3, -0.25) is 19.2 Å². The molecule has 2 aromatic heterocycles. The first-order valence-corrected chi connectivity index (χ1v) is 16.0. The predicted molar refractivity (Wildman–Crippen MR) is 167 cm³/mol. The topological polar surface area (TPSA) is 143 Å². The maximum absolute atomic E-state index is 14.1. The quantitative estimate of drug-likeness (QED) is 0.432. The summed E-state index contributed by atoms with van der Waals surface area (Å²) in [6, 6.07) is 12.3. The number of rotatable bonds is 6. The Morgan fingerprint density at radius 3 is 2.54 bits per heavy atom. The Bertz CT molecular complexity index is 1550. The smallest absolute Gasteiger partial charge is 0.257 e. The number of nitrogens with one attached hydrogen (secondary N) is 1. The zero-order chi connectivity index (χ0) is 32.0. The van der Waals surface area contributed by atoms with E-state index in [9.17, 15) is 19.2 Å². The van der Waals surface area contributed by atoms with Gasteiger partial charge in [-0.05, 0) is 42.4 Å². The normalized spacial score (nSPS) is 22.2. The molecule has 13 heteroatoms. The number of piperazine rings is 1. The molecule has 6 rings (SSSR count). The van der Waals surface area contributed by atoms with Crippen molar-refractivity contribution in [2.75, 3.05) is 45.9 Å². The average Bonchev–Trinajstić information content (AvgIpc) is 3.51. The molecule has 46 heavy (non-hydrogen) atoms. The molecule has 2 saturated heterocycles. The Morgan fingerprint density at radius 2 is 1.76 bits per heavy atom. The number of ether oxygens (including phenoxy) is 1. The standard InChI is InChI=1S/C33H40N8O5/c1-23(42)38-13-15-39(16-14-38)30(43)18-25-9-12-40-21-26(25)10-17-46-32-28(8-5-11-34-32)31(44)35-29(33(40)45)19-27-22-41(37-36-27)20-24-6-3-2-4-7-24/h2-8,11,22,25-26,29H,9-10,12-21H2,1H3,(H,35,44)/t25-,26-,29+/m0/s1. The van der Waals surface area contributed by atoms with Gasteiger partial charge in [0.2, 0.25) is 23.6 Å². The van der Waals surface area contributed by atoms with Crippen LogP contribution >= 0.6 is 0 Å². The van der Waals surface area contributed by atoms with Crippen molar-refractivity contribution in [2.45, 2.75) is 45.2 Å². The summed E-state index contributed by atoms with van der Waals surface area (Å²) < 4.78 is 7.75. The highest BCUT2D eigenvalue weighted by molar-refractivity contribution is 5.99. The molecule has 5 heterocycles. The molecule has 3 atom stereocenters.